The van der Waals surface area contributed by atoms with Crippen LogP contribution in [0, 0.1) is 0 Å². The van der Waals surface area contributed by atoms with Crippen LogP contribution < -0.4 is 16.4 Å². The van der Waals surface area contributed by atoms with E-state index in [4.69, 9.17) is 22.3 Å². The van der Waals surface area contributed by atoms with Crippen LogP contribution >= 0.6 is 11.6 Å². The van der Waals surface area contributed by atoms with Crippen LogP contribution in [0.25, 0.3) is 22.2 Å². The molecular formula is C28H26ClN7O. The molecule has 0 fully saturated rings. The predicted octanol–water partition coefficient (Wildman–Crippen LogP) is 4.55. The Labute approximate surface area is 218 Å². The quantitative estimate of drug-likeness (QED) is 0.229. The average molecular weight is 512 g/mol. The van der Waals surface area contributed by atoms with Crippen molar-refractivity contribution < 1.29 is 4.79 Å². The van der Waals surface area contributed by atoms with Crippen LogP contribution in [0.3, 0.4) is 0 Å². The monoisotopic (exact) mass is 511 g/mol. The van der Waals surface area contributed by atoms with E-state index in [2.05, 4.69) is 25.8 Å². The standard InChI is InChI=1S/C28H26ClN7O/c29-25-24(18-8-9-21-22(14-18)35-36-26(21)30)33-27(34-25)23(12-16-4-2-1-3-5-16)32-28(37)19-6-7-20-15-31-11-10-17(20)13-19/h1-9,13-14,23,31H,10-12,15H2,(H,32,37)(H,33,34)(H3,30,35,36). The van der Waals surface area contributed by atoms with Crippen LogP contribution in [0.2, 0.25) is 5.15 Å². The molecule has 0 aliphatic carbocycles. The molecule has 9 heteroatoms. The summed E-state index contributed by atoms with van der Waals surface area (Å²) in [7, 11) is 0. The number of hydrogen-bond donors (Lipinski definition) is 5. The minimum Gasteiger partial charge on any atom is -0.382 e. The van der Waals surface area contributed by atoms with Crippen LogP contribution in [0.4, 0.5) is 5.82 Å². The lowest BCUT2D eigenvalue weighted by molar-refractivity contribution is 0.0934. The van der Waals surface area contributed by atoms with Crippen molar-refractivity contribution >= 4 is 34.2 Å². The molecule has 0 saturated heterocycles. The summed E-state index contributed by atoms with van der Waals surface area (Å²) in [5.74, 6) is 0.883. The molecule has 3 aromatic carbocycles. The summed E-state index contributed by atoms with van der Waals surface area (Å²) in [6.45, 7) is 1.75. The van der Waals surface area contributed by atoms with Gasteiger partial charge in [-0.15, -0.1) is 0 Å². The van der Waals surface area contributed by atoms with E-state index in [1.165, 1.54) is 11.1 Å². The van der Waals surface area contributed by atoms with Crippen LogP contribution in [-0.4, -0.2) is 32.6 Å². The first-order chi connectivity index (χ1) is 18.0. The molecule has 0 bridgehead atoms. The number of H-pyrrole nitrogens is 2. The van der Waals surface area contributed by atoms with Crippen molar-refractivity contribution in [3.63, 3.8) is 0 Å². The maximum absolute atomic E-state index is 13.4. The molecule has 1 aliphatic heterocycles. The molecule has 3 heterocycles. The van der Waals surface area contributed by atoms with E-state index in [-0.39, 0.29) is 5.91 Å². The zero-order valence-electron chi connectivity index (χ0n) is 20.0. The van der Waals surface area contributed by atoms with Crippen molar-refractivity contribution in [1.82, 2.24) is 30.8 Å². The zero-order valence-corrected chi connectivity index (χ0v) is 20.8. The van der Waals surface area contributed by atoms with Crippen LogP contribution in [-0.2, 0) is 19.4 Å². The second kappa shape index (κ2) is 9.72. The molecule has 37 heavy (non-hydrogen) atoms. The highest BCUT2D eigenvalue weighted by Gasteiger charge is 2.23. The molecule has 0 radical (unpaired) electrons. The maximum Gasteiger partial charge on any atom is 0.251 e. The van der Waals surface area contributed by atoms with E-state index < -0.39 is 6.04 Å². The van der Waals surface area contributed by atoms with Crippen molar-refractivity contribution in [2.24, 2.45) is 0 Å². The number of nitrogens with zero attached hydrogens (tertiary/aromatic N) is 2. The highest BCUT2D eigenvalue weighted by Crippen LogP contribution is 2.31. The molecule has 1 amide bonds. The van der Waals surface area contributed by atoms with Gasteiger partial charge in [0.2, 0.25) is 0 Å². The molecule has 8 nitrogen and oxygen atoms in total. The fourth-order valence-electron chi connectivity index (χ4n) is 4.84. The third-order valence-electron chi connectivity index (χ3n) is 6.82. The van der Waals surface area contributed by atoms with Crippen LogP contribution in [0.5, 0.6) is 0 Å². The number of halogens is 1. The zero-order chi connectivity index (χ0) is 25.4. The van der Waals surface area contributed by atoms with E-state index in [1.807, 2.05) is 66.7 Å². The van der Waals surface area contributed by atoms with Gasteiger partial charge in [-0.25, -0.2) is 4.98 Å². The van der Waals surface area contributed by atoms with Gasteiger partial charge >= 0.3 is 0 Å². The Morgan fingerprint density at radius 3 is 2.81 bits per heavy atom. The normalized spacial score (nSPS) is 13.9. The van der Waals surface area contributed by atoms with Crippen molar-refractivity contribution in [1.29, 1.82) is 0 Å². The van der Waals surface area contributed by atoms with Gasteiger partial charge in [0.25, 0.3) is 5.91 Å². The van der Waals surface area contributed by atoms with Gasteiger partial charge in [0, 0.05) is 23.1 Å². The minimum absolute atomic E-state index is 0.148. The Bertz CT molecular complexity index is 1590. The molecule has 0 spiro atoms. The Morgan fingerprint density at radius 1 is 1.08 bits per heavy atom. The summed E-state index contributed by atoms with van der Waals surface area (Å²) in [6.07, 6.45) is 1.47. The fourth-order valence-corrected chi connectivity index (χ4v) is 5.09. The smallest absolute Gasteiger partial charge is 0.251 e. The third-order valence-corrected chi connectivity index (χ3v) is 7.09. The molecule has 6 rings (SSSR count). The van der Waals surface area contributed by atoms with Crippen LogP contribution in [0.1, 0.15) is 38.9 Å². The van der Waals surface area contributed by atoms with E-state index in [0.29, 0.717) is 34.5 Å². The number of benzene rings is 3. The Kier molecular flexibility index (Phi) is 6.12. The molecule has 1 aliphatic rings. The number of fused-ring (bicyclic) bond motifs is 2. The Hall–Kier alpha value is -4.14. The Balaban J connectivity index is 1.32. The lowest BCUT2D eigenvalue weighted by Crippen LogP contribution is -2.31. The second-order valence-corrected chi connectivity index (χ2v) is 9.66. The number of aromatic amines is 2. The molecule has 0 saturated carbocycles. The summed E-state index contributed by atoms with van der Waals surface area (Å²) in [5.41, 5.74) is 12.3. The largest absolute Gasteiger partial charge is 0.382 e. The van der Waals surface area contributed by atoms with E-state index in [0.717, 1.165) is 41.5 Å². The van der Waals surface area contributed by atoms with Gasteiger partial charge < -0.3 is 21.4 Å². The number of carbonyl (C=O) groups is 1. The van der Waals surface area contributed by atoms with Crippen molar-refractivity contribution in [3.05, 3.63) is 100.0 Å². The number of amides is 1. The van der Waals surface area contributed by atoms with Crippen molar-refractivity contribution in [3.8, 4) is 11.3 Å². The number of hydrogen-bond acceptors (Lipinski definition) is 5. The highest BCUT2D eigenvalue weighted by atomic mass is 35.5. The number of rotatable bonds is 6. The average Bonchev–Trinajstić information content (AvgIpc) is 3.50. The molecule has 6 N–H and O–H groups in total. The molecule has 1 unspecified atom stereocenters. The van der Waals surface area contributed by atoms with E-state index in [1.54, 1.807) is 0 Å². The number of nitrogen functional groups attached to an aromatic ring is 1. The molecule has 1 atom stereocenters. The number of anilines is 1. The first-order valence-electron chi connectivity index (χ1n) is 12.2. The van der Waals surface area contributed by atoms with Gasteiger partial charge in [-0.3, -0.25) is 9.89 Å². The number of nitrogens with one attached hydrogen (secondary N) is 4. The lowest BCUT2D eigenvalue weighted by atomic mass is 9.98. The van der Waals surface area contributed by atoms with Gasteiger partial charge in [-0.2, -0.15) is 5.10 Å². The lowest BCUT2D eigenvalue weighted by Gasteiger charge is -2.20. The fraction of sp³-hybridized carbons (Fsp3) is 0.179. The number of carbonyl (C=O) groups excluding carboxylic acids is 1. The summed E-state index contributed by atoms with van der Waals surface area (Å²) in [4.78, 5) is 21.4. The van der Waals surface area contributed by atoms with Crippen molar-refractivity contribution in [2.75, 3.05) is 12.3 Å². The SMILES string of the molecule is Nc1n[nH]c2cc(-c3nc(C(Cc4ccccc4)NC(=O)c4ccc5c(c4)CCNC5)[nH]c3Cl)ccc12. The van der Waals surface area contributed by atoms with Gasteiger partial charge in [-0.1, -0.05) is 54.1 Å². The summed E-state index contributed by atoms with van der Waals surface area (Å²) in [5, 5.41) is 14.8. The van der Waals surface area contributed by atoms with E-state index >= 15 is 0 Å². The highest BCUT2D eigenvalue weighted by molar-refractivity contribution is 6.32. The maximum atomic E-state index is 13.4. The Morgan fingerprint density at radius 2 is 1.95 bits per heavy atom. The molecule has 2 aromatic heterocycles. The third kappa shape index (κ3) is 4.69. The van der Waals surface area contributed by atoms with E-state index in [9.17, 15) is 4.79 Å². The summed E-state index contributed by atoms with van der Waals surface area (Å²) in [6, 6.07) is 21.2. The van der Waals surface area contributed by atoms with Gasteiger partial charge in [0.05, 0.1) is 11.6 Å². The topological polar surface area (TPSA) is 125 Å². The first kappa shape index (κ1) is 23.3. The van der Waals surface area contributed by atoms with Crippen LogP contribution in [0.15, 0.2) is 66.7 Å². The second-order valence-electron chi connectivity index (χ2n) is 9.28. The van der Waals surface area contributed by atoms with Gasteiger partial charge in [0.1, 0.15) is 16.7 Å². The number of nitrogens with two attached hydrogens (primary N) is 1. The molecule has 186 valence electrons. The first-order valence-corrected chi connectivity index (χ1v) is 12.6. The summed E-state index contributed by atoms with van der Waals surface area (Å²) >= 11 is 6.63. The minimum atomic E-state index is -0.412. The molecule has 5 aromatic rings. The summed E-state index contributed by atoms with van der Waals surface area (Å²) < 4.78 is 0. The number of imidazole rings is 1. The number of aromatic nitrogens is 4. The van der Waals surface area contributed by atoms with Crippen molar-refractivity contribution in [2.45, 2.75) is 25.4 Å². The van der Waals surface area contributed by atoms with Gasteiger partial charge in [-0.05, 0) is 60.3 Å². The van der Waals surface area contributed by atoms with Gasteiger partial charge in [0.15, 0.2) is 5.82 Å². The molecular weight excluding hydrogens is 486 g/mol. The predicted molar refractivity (Wildman–Crippen MR) is 145 cm³/mol.